The lowest BCUT2D eigenvalue weighted by atomic mass is 10.2. The van der Waals surface area contributed by atoms with Crippen LogP contribution in [0, 0.1) is 13.0 Å². The van der Waals surface area contributed by atoms with Gasteiger partial charge in [0.15, 0.2) is 11.5 Å². The molecule has 0 aliphatic heterocycles. The molecule has 2 aromatic carbocycles. The highest BCUT2D eigenvalue weighted by Crippen LogP contribution is 2.14. The minimum Gasteiger partial charge on any atom is -0.290 e. The fourth-order valence-electron chi connectivity index (χ4n) is 1.12. The molecule has 2 aromatic rings. The van der Waals surface area contributed by atoms with Gasteiger partial charge in [0.2, 0.25) is 0 Å². The maximum absolute atomic E-state index is 5.13. The topological polar surface area (TPSA) is 18.5 Å². The van der Waals surface area contributed by atoms with Gasteiger partial charge in [-0.3, -0.25) is 9.78 Å². The molecule has 0 N–H and O–H groups in total. The molecule has 0 fully saturated rings. The van der Waals surface area contributed by atoms with Gasteiger partial charge in [0.25, 0.3) is 0 Å². The van der Waals surface area contributed by atoms with E-state index in [0.29, 0.717) is 11.5 Å². The molecule has 0 heterocycles. The average Bonchev–Trinajstić information content (AvgIpc) is 2.30. The Hall–Kier alpha value is -1.96. The van der Waals surface area contributed by atoms with Crippen molar-refractivity contribution >= 4 is 0 Å². The van der Waals surface area contributed by atoms with Gasteiger partial charge >= 0.3 is 0 Å². The van der Waals surface area contributed by atoms with Crippen LogP contribution < -0.4 is 9.78 Å². The lowest BCUT2D eigenvalue weighted by molar-refractivity contribution is -0.0999. The summed E-state index contributed by atoms with van der Waals surface area (Å²) in [4.78, 5) is 10.2. The van der Waals surface area contributed by atoms with Crippen LogP contribution in [0.1, 0.15) is 5.56 Å². The molecule has 0 aliphatic rings. The van der Waals surface area contributed by atoms with Crippen molar-refractivity contribution < 1.29 is 9.78 Å². The van der Waals surface area contributed by atoms with E-state index in [1.54, 1.807) is 24.3 Å². The third kappa shape index (κ3) is 2.74. The standard InChI is InChI=1S/C13H11O2/c1-11-7-9-13(10-8-11)15-14-12-5-3-2-4-6-12/h3-10H,1H3. The summed E-state index contributed by atoms with van der Waals surface area (Å²) in [6.07, 6.45) is 0. The first kappa shape index (κ1) is 9.59. The Balaban J connectivity index is 1.96. The smallest absolute Gasteiger partial charge is 0.178 e. The van der Waals surface area contributed by atoms with E-state index in [0.717, 1.165) is 0 Å². The summed E-state index contributed by atoms with van der Waals surface area (Å²) in [5.41, 5.74) is 1.19. The van der Waals surface area contributed by atoms with E-state index in [2.05, 4.69) is 6.07 Å². The maximum atomic E-state index is 5.13. The summed E-state index contributed by atoms with van der Waals surface area (Å²) in [5, 5.41) is 0. The molecule has 1 radical (unpaired) electrons. The highest BCUT2D eigenvalue weighted by atomic mass is 17.2. The number of hydrogen-bond donors (Lipinski definition) is 0. The van der Waals surface area contributed by atoms with Crippen LogP contribution in [0.15, 0.2) is 48.5 Å². The van der Waals surface area contributed by atoms with Crippen molar-refractivity contribution in [2.75, 3.05) is 0 Å². The molecule has 2 rings (SSSR count). The highest BCUT2D eigenvalue weighted by Gasteiger charge is 1.95. The van der Waals surface area contributed by atoms with Crippen LogP contribution in [0.3, 0.4) is 0 Å². The summed E-state index contributed by atoms with van der Waals surface area (Å²) in [7, 11) is 0. The van der Waals surface area contributed by atoms with Crippen molar-refractivity contribution in [2.24, 2.45) is 0 Å². The van der Waals surface area contributed by atoms with Gasteiger partial charge in [-0.25, -0.2) is 0 Å². The molecule has 0 atom stereocenters. The minimum absolute atomic E-state index is 0.661. The van der Waals surface area contributed by atoms with Gasteiger partial charge in [0, 0.05) is 0 Å². The van der Waals surface area contributed by atoms with Gasteiger partial charge in [0.05, 0.1) is 0 Å². The van der Waals surface area contributed by atoms with Crippen LogP contribution in [-0.2, 0) is 0 Å². The lowest BCUT2D eigenvalue weighted by Crippen LogP contribution is -1.99. The Morgan fingerprint density at radius 2 is 1.33 bits per heavy atom. The molecule has 0 aromatic heterocycles. The number of rotatable bonds is 3. The summed E-state index contributed by atoms with van der Waals surface area (Å²) >= 11 is 0. The third-order valence-corrected chi connectivity index (χ3v) is 1.94. The van der Waals surface area contributed by atoms with E-state index < -0.39 is 0 Å². The van der Waals surface area contributed by atoms with Crippen LogP contribution in [0.5, 0.6) is 11.5 Å². The van der Waals surface area contributed by atoms with Gasteiger partial charge in [-0.05, 0) is 37.3 Å². The SMILES string of the molecule is Cc1ccc(OOc2cc[c]cc2)cc1. The fourth-order valence-corrected chi connectivity index (χ4v) is 1.12. The average molecular weight is 199 g/mol. The summed E-state index contributed by atoms with van der Waals surface area (Å²) < 4.78 is 0. The van der Waals surface area contributed by atoms with E-state index in [4.69, 9.17) is 9.78 Å². The van der Waals surface area contributed by atoms with E-state index in [9.17, 15) is 0 Å². The van der Waals surface area contributed by atoms with Crippen LogP contribution in [-0.4, -0.2) is 0 Å². The monoisotopic (exact) mass is 199 g/mol. The lowest BCUT2D eigenvalue weighted by Gasteiger charge is -2.05. The molecule has 0 bridgehead atoms. The van der Waals surface area contributed by atoms with E-state index in [1.807, 2.05) is 31.2 Å². The second kappa shape index (κ2) is 4.51. The van der Waals surface area contributed by atoms with Gasteiger partial charge < -0.3 is 0 Å². The zero-order valence-corrected chi connectivity index (χ0v) is 8.44. The molecular weight excluding hydrogens is 188 g/mol. The van der Waals surface area contributed by atoms with Crippen LogP contribution in [0.4, 0.5) is 0 Å². The maximum Gasteiger partial charge on any atom is 0.178 e. The van der Waals surface area contributed by atoms with Crippen molar-refractivity contribution in [3.63, 3.8) is 0 Å². The molecule has 2 heteroatoms. The van der Waals surface area contributed by atoms with Gasteiger partial charge in [-0.1, -0.05) is 29.8 Å². The normalized spacial score (nSPS) is 9.67. The van der Waals surface area contributed by atoms with Gasteiger partial charge in [-0.15, -0.1) is 0 Å². The molecule has 75 valence electrons. The Morgan fingerprint density at radius 3 is 1.93 bits per heavy atom. The summed E-state index contributed by atoms with van der Waals surface area (Å²) in [6, 6.07) is 17.7. The predicted molar refractivity (Wildman–Crippen MR) is 57.7 cm³/mol. The number of aryl methyl sites for hydroxylation is 1. The zero-order chi connectivity index (χ0) is 10.5. The predicted octanol–water partition coefficient (Wildman–Crippen LogP) is 3.17. The van der Waals surface area contributed by atoms with Crippen molar-refractivity contribution in [2.45, 2.75) is 6.92 Å². The number of benzene rings is 2. The molecule has 15 heavy (non-hydrogen) atoms. The third-order valence-electron chi connectivity index (χ3n) is 1.94. The molecule has 2 nitrogen and oxygen atoms in total. The second-order valence-corrected chi connectivity index (χ2v) is 3.22. The van der Waals surface area contributed by atoms with Crippen molar-refractivity contribution in [3.05, 3.63) is 60.2 Å². The molecule has 0 amide bonds. The first-order valence-electron chi connectivity index (χ1n) is 4.72. The first-order chi connectivity index (χ1) is 7.34. The summed E-state index contributed by atoms with van der Waals surface area (Å²) in [5.74, 6) is 1.35. The minimum atomic E-state index is 0.661. The summed E-state index contributed by atoms with van der Waals surface area (Å²) in [6.45, 7) is 2.03. The van der Waals surface area contributed by atoms with E-state index in [1.165, 1.54) is 5.56 Å². The van der Waals surface area contributed by atoms with Gasteiger partial charge in [-0.2, -0.15) is 0 Å². The fraction of sp³-hybridized carbons (Fsp3) is 0.0769. The van der Waals surface area contributed by atoms with E-state index >= 15 is 0 Å². The zero-order valence-electron chi connectivity index (χ0n) is 8.44. The first-order valence-corrected chi connectivity index (χ1v) is 4.72. The highest BCUT2D eigenvalue weighted by molar-refractivity contribution is 5.26. The van der Waals surface area contributed by atoms with Crippen molar-refractivity contribution in [1.29, 1.82) is 0 Å². The van der Waals surface area contributed by atoms with E-state index in [-0.39, 0.29) is 0 Å². The van der Waals surface area contributed by atoms with Crippen LogP contribution >= 0.6 is 0 Å². The molecule has 0 spiro atoms. The molecular formula is C13H11O2. The number of hydrogen-bond acceptors (Lipinski definition) is 2. The Morgan fingerprint density at radius 1 is 0.800 bits per heavy atom. The largest absolute Gasteiger partial charge is 0.290 e. The Kier molecular flexibility index (Phi) is 2.88. The molecule has 0 saturated heterocycles. The molecule has 0 unspecified atom stereocenters. The second-order valence-electron chi connectivity index (χ2n) is 3.22. The molecule has 0 aliphatic carbocycles. The Labute approximate surface area is 89.0 Å². The quantitative estimate of drug-likeness (QED) is 0.558. The van der Waals surface area contributed by atoms with Crippen molar-refractivity contribution in [1.82, 2.24) is 0 Å². The Bertz CT molecular complexity index is 406. The van der Waals surface area contributed by atoms with Crippen LogP contribution in [0.25, 0.3) is 0 Å². The van der Waals surface area contributed by atoms with Crippen LogP contribution in [0.2, 0.25) is 0 Å². The molecule has 0 saturated carbocycles. The van der Waals surface area contributed by atoms with Crippen molar-refractivity contribution in [3.8, 4) is 11.5 Å². The van der Waals surface area contributed by atoms with Gasteiger partial charge in [0.1, 0.15) is 0 Å².